The number of aromatic nitrogens is 1. The van der Waals surface area contributed by atoms with Gasteiger partial charge in [-0.25, -0.2) is 0 Å². The van der Waals surface area contributed by atoms with E-state index in [4.69, 9.17) is 10.5 Å². The summed E-state index contributed by atoms with van der Waals surface area (Å²) < 4.78 is 6.09. The molecule has 6 nitrogen and oxygen atoms in total. The van der Waals surface area contributed by atoms with Crippen LogP contribution in [0.5, 0.6) is 0 Å². The molecule has 0 aliphatic rings. The monoisotopic (exact) mass is 263 g/mol. The Kier molecular flexibility index (Phi) is 4.41. The molecular formula is C11H9N3O3S. The van der Waals surface area contributed by atoms with Crippen LogP contribution < -0.4 is 14.8 Å². The van der Waals surface area contributed by atoms with Crippen LogP contribution in [0.25, 0.3) is 11.6 Å². The number of nitriles is 2. The van der Waals surface area contributed by atoms with Crippen LogP contribution in [-0.2, 0) is 16.1 Å². The molecule has 18 heavy (non-hydrogen) atoms. The average molecular weight is 263 g/mol. The second-order valence-corrected chi connectivity index (χ2v) is 4.16. The van der Waals surface area contributed by atoms with Crippen molar-refractivity contribution in [2.75, 3.05) is 7.11 Å². The SMILES string of the molecule is C/C=c1/sc(=C(C#N)C#N)n(CC(=O)OC)c1=O. The molecule has 1 heterocycles. The minimum atomic E-state index is -0.617. The van der Waals surface area contributed by atoms with Crippen LogP contribution in [-0.4, -0.2) is 17.6 Å². The Morgan fingerprint density at radius 2 is 2.11 bits per heavy atom. The molecule has 92 valence electrons. The lowest BCUT2D eigenvalue weighted by molar-refractivity contribution is -0.141. The molecule has 0 fully saturated rings. The van der Waals surface area contributed by atoms with Crippen molar-refractivity contribution in [3.8, 4) is 12.1 Å². The molecule has 0 atom stereocenters. The lowest BCUT2D eigenvalue weighted by Crippen LogP contribution is -2.34. The first-order valence-corrected chi connectivity index (χ1v) is 5.68. The molecule has 0 aromatic carbocycles. The van der Waals surface area contributed by atoms with Gasteiger partial charge in [-0.05, 0) is 6.92 Å². The fourth-order valence-electron chi connectivity index (χ4n) is 1.25. The third kappa shape index (κ3) is 2.47. The van der Waals surface area contributed by atoms with Gasteiger partial charge < -0.3 is 4.74 Å². The molecule has 1 aromatic rings. The molecule has 0 radical (unpaired) electrons. The average Bonchev–Trinajstić information content (AvgIpc) is 2.69. The van der Waals surface area contributed by atoms with Gasteiger partial charge in [0.15, 0.2) is 5.57 Å². The van der Waals surface area contributed by atoms with Crippen molar-refractivity contribution in [2.24, 2.45) is 0 Å². The minimum Gasteiger partial charge on any atom is -0.468 e. The molecule has 0 aliphatic carbocycles. The molecule has 0 unspecified atom stereocenters. The number of carbonyl (C=O) groups excluding carboxylic acids is 1. The summed E-state index contributed by atoms with van der Waals surface area (Å²) in [6.07, 6.45) is 1.57. The van der Waals surface area contributed by atoms with E-state index >= 15 is 0 Å². The topological polar surface area (TPSA) is 95.9 Å². The number of esters is 1. The van der Waals surface area contributed by atoms with Crippen LogP contribution in [0, 0.1) is 22.7 Å². The molecule has 1 rings (SSSR count). The lowest BCUT2D eigenvalue weighted by Gasteiger charge is -1.99. The number of methoxy groups -OCH3 is 1. The van der Waals surface area contributed by atoms with Crippen LogP contribution in [0.1, 0.15) is 6.92 Å². The molecule has 0 spiro atoms. The van der Waals surface area contributed by atoms with Crippen molar-refractivity contribution >= 4 is 29.0 Å². The first-order valence-electron chi connectivity index (χ1n) is 4.86. The van der Waals surface area contributed by atoms with Crippen LogP contribution in [0.4, 0.5) is 0 Å². The quantitative estimate of drug-likeness (QED) is 0.643. The number of rotatable bonds is 2. The molecule has 0 N–H and O–H groups in total. The van der Waals surface area contributed by atoms with Gasteiger partial charge in [0.05, 0.1) is 11.6 Å². The summed E-state index contributed by atoms with van der Waals surface area (Å²) in [7, 11) is 1.20. The summed E-state index contributed by atoms with van der Waals surface area (Å²) in [6, 6.07) is 3.41. The van der Waals surface area contributed by atoms with Crippen molar-refractivity contribution in [3.05, 3.63) is 19.5 Å². The Bertz CT molecular complexity index is 712. The van der Waals surface area contributed by atoms with Crippen molar-refractivity contribution in [2.45, 2.75) is 13.5 Å². The van der Waals surface area contributed by atoms with Gasteiger partial charge in [-0.2, -0.15) is 10.5 Å². The second kappa shape index (κ2) is 5.80. The fourth-order valence-corrected chi connectivity index (χ4v) is 2.23. The second-order valence-electron chi connectivity index (χ2n) is 3.13. The van der Waals surface area contributed by atoms with Crippen LogP contribution in [0.3, 0.4) is 0 Å². The van der Waals surface area contributed by atoms with E-state index in [1.165, 1.54) is 7.11 Å². The maximum atomic E-state index is 11.9. The molecular weight excluding hydrogens is 254 g/mol. The van der Waals surface area contributed by atoms with E-state index in [1.54, 1.807) is 25.1 Å². The first-order chi connectivity index (χ1) is 8.58. The minimum absolute atomic E-state index is 0.170. The third-order valence-electron chi connectivity index (χ3n) is 2.12. The van der Waals surface area contributed by atoms with Crippen LogP contribution in [0.15, 0.2) is 4.79 Å². The van der Waals surface area contributed by atoms with E-state index in [1.807, 2.05) is 0 Å². The van der Waals surface area contributed by atoms with E-state index in [9.17, 15) is 9.59 Å². The van der Waals surface area contributed by atoms with Crippen LogP contribution >= 0.6 is 11.3 Å². The van der Waals surface area contributed by atoms with E-state index in [-0.39, 0.29) is 16.8 Å². The van der Waals surface area contributed by atoms with Gasteiger partial charge in [-0.1, -0.05) is 6.08 Å². The summed E-state index contributed by atoms with van der Waals surface area (Å²) in [6.45, 7) is 1.35. The Labute approximate surface area is 106 Å². The number of thiazole rings is 1. The van der Waals surface area contributed by atoms with Gasteiger partial charge in [-0.3, -0.25) is 14.2 Å². The van der Waals surface area contributed by atoms with Gasteiger partial charge in [0.25, 0.3) is 5.56 Å². The Morgan fingerprint density at radius 1 is 1.50 bits per heavy atom. The number of nitrogens with zero attached hydrogens (tertiary/aromatic N) is 3. The summed E-state index contributed by atoms with van der Waals surface area (Å²) in [5, 5.41) is 17.6. The van der Waals surface area contributed by atoms with Gasteiger partial charge in [0, 0.05) is 0 Å². The van der Waals surface area contributed by atoms with Gasteiger partial charge >= 0.3 is 5.97 Å². The lowest BCUT2D eigenvalue weighted by atomic mass is 10.4. The predicted molar refractivity (Wildman–Crippen MR) is 64.6 cm³/mol. The van der Waals surface area contributed by atoms with E-state index in [2.05, 4.69) is 4.74 Å². The van der Waals surface area contributed by atoms with E-state index in [0.717, 1.165) is 15.9 Å². The molecule has 0 bridgehead atoms. The Balaban J connectivity index is 3.71. The zero-order valence-electron chi connectivity index (χ0n) is 9.76. The summed E-state index contributed by atoms with van der Waals surface area (Å²) in [5.74, 6) is -0.617. The van der Waals surface area contributed by atoms with Gasteiger partial charge in [0.2, 0.25) is 0 Å². The summed E-state index contributed by atoms with van der Waals surface area (Å²) in [4.78, 5) is 23.1. The van der Waals surface area contributed by atoms with E-state index < -0.39 is 11.5 Å². The number of carbonyl (C=O) groups is 1. The first kappa shape index (κ1) is 13.7. The normalized spacial score (nSPS) is 10.6. The highest BCUT2D eigenvalue weighted by atomic mass is 32.1. The highest BCUT2D eigenvalue weighted by Gasteiger charge is 2.12. The fraction of sp³-hybridized carbons (Fsp3) is 0.273. The molecule has 0 amide bonds. The highest BCUT2D eigenvalue weighted by molar-refractivity contribution is 7.07. The molecule has 0 saturated heterocycles. The highest BCUT2D eigenvalue weighted by Crippen LogP contribution is 1.89. The van der Waals surface area contributed by atoms with Crippen molar-refractivity contribution < 1.29 is 9.53 Å². The Morgan fingerprint density at radius 3 is 2.56 bits per heavy atom. The maximum Gasteiger partial charge on any atom is 0.325 e. The summed E-state index contributed by atoms with van der Waals surface area (Å²) >= 11 is 1.00. The number of hydrogen-bond donors (Lipinski definition) is 0. The zero-order chi connectivity index (χ0) is 13.7. The van der Waals surface area contributed by atoms with Crippen molar-refractivity contribution in [3.63, 3.8) is 0 Å². The number of hydrogen-bond acceptors (Lipinski definition) is 6. The van der Waals surface area contributed by atoms with Crippen molar-refractivity contribution in [1.82, 2.24) is 4.57 Å². The smallest absolute Gasteiger partial charge is 0.325 e. The molecule has 0 saturated carbocycles. The third-order valence-corrected chi connectivity index (χ3v) is 3.37. The summed E-state index contributed by atoms with van der Waals surface area (Å²) in [5.41, 5.74) is -0.611. The maximum absolute atomic E-state index is 11.9. The molecule has 0 aliphatic heterocycles. The van der Waals surface area contributed by atoms with E-state index in [0.29, 0.717) is 4.53 Å². The Hall–Kier alpha value is -2.38. The van der Waals surface area contributed by atoms with Crippen molar-refractivity contribution in [1.29, 1.82) is 10.5 Å². The standard InChI is InChI=1S/C11H9N3O3S/c1-3-8-10(16)14(6-9(15)17-2)11(18-8)7(4-12)5-13/h3H,6H2,1-2H3/b8-3+. The molecule has 7 heteroatoms. The zero-order valence-corrected chi connectivity index (χ0v) is 10.6. The predicted octanol–water partition coefficient (Wildman–Crippen LogP) is -0.919. The van der Waals surface area contributed by atoms with Gasteiger partial charge in [-0.15, -0.1) is 11.3 Å². The molecule has 1 aromatic heterocycles. The van der Waals surface area contributed by atoms with Crippen LogP contribution in [0.2, 0.25) is 0 Å². The van der Waals surface area contributed by atoms with Gasteiger partial charge in [0.1, 0.15) is 23.3 Å². The largest absolute Gasteiger partial charge is 0.468 e. The number of ether oxygens (including phenoxy) is 1.